The number of para-hydroxylation sites is 1. The van der Waals surface area contributed by atoms with Crippen LogP contribution in [0.4, 0.5) is 5.13 Å². The summed E-state index contributed by atoms with van der Waals surface area (Å²) in [5, 5.41) is 11.1. The first-order chi connectivity index (χ1) is 14.3. The highest BCUT2D eigenvalue weighted by molar-refractivity contribution is 7.15. The van der Waals surface area contributed by atoms with Crippen LogP contribution in [0.15, 0.2) is 29.1 Å². The first-order valence-electron chi connectivity index (χ1n) is 10.4. The van der Waals surface area contributed by atoms with Crippen molar-refractivity contribution in [3.8, 4) is 0 Å². The summed E-state index contributed by atoms with van der Waals surface area (Å²) in [6, 6.07) is 8.01. The van der Waals surface area contributed by atoms with Crippen LogP contribution in [0.2, 0.25) is 0 Å². The van der Waals surface area contributed by atoms with E-state index in [1.165, 1.54) is 12.8 Å². The zero-order valence-electron chi connectivity index (χ0n) is 16.6. The lowest BCUT2D eigenvalue weighted by Gasteiger charge is -2.28. The highest BCUT2D eigenvalue weighted by Gasteiger charge is 2.34. The summed E-state index contributed by atoms with van der Waals surface area (Å²) in [6.45, 7) is 1.37. The van der Waals surface area contributed by atoms with Gasteiger partial charge in [-0.25, -0.2) is 4.98 Å². The number of fused-ring (bicyclic) bond motifs is 1. The molecule has 7 nitrogen and oxygen atoms in total. The fourth-order valence-electron chi connectivity index (χ4n) is 4.72. The zero-order valence-corrected chi connectivity index (χ0v) is 17.4. The Hall–Kier alpha value is -2.32. The molecule has 0 N–H and O–H groups in total. The summed E-state index contributed by atoms with van der Waals surface area (Å²) in [5.41, 5.74) is 0.882. The molecule has 2 fully saturated rings. The molecule has 1 saturated heterocycles. The van der Waals surface area contributed by atoms with Crippen LogP contribution in [0.1, 0.15) is 61.4 Å². The third-order valence-corrected chi connectivity index (χ3v) is 6.98. The zero-order chi connectivity index (χ0) is 19.8. The Morgan fingerprint density at radius 1 is 1.14 bits per heavy atom. The highest BCUT2D eigenvalue weighted by Crippen LogP contribution is 2.39. The molecule has 29 heavy (non-hydrogen) atoms. The molecule has 8 heteroatoms. The van der Waals surface area contributed by atoms with Crippen molar-refractivity contribution in [3.63, 3.8) is 0 Å². The molecule has 1 atom stereocenters. The van der Waals surface area contributed by atoms with Crippen LogP contribution in [-0.4, -0.2) is 33.4 Å². The second-order valence-corrected chi connectivity index (χ2v) is 8.90. The topological polar surface area (TPSA) is 73.1 Å². The van der Waals surface area contributed by atoms with Crippen molar-refractivity contribution < 1.29 is 4.74 Å². The second-order valence-electron chi connectivity index (χ2n) is 7.86. The van der Waals surface area contributed by atoms with Crippen molar-refractivity contribution in [2.45, 2.75) is 57.2 Å². The average Bonchev–Trinajstić information content (AvgIpc) is 3.49. The SMILES string of the molecule is COCc1nnc(N2CCCC2c2nc3ccccc3c(=O)n2C2CCCC2)s1. The van der Waals surface area contributed by atoms with E-state index in [0.717, 1.165) is 53.7 Å². The van der Waals surface area contributed by atoms with Gasteiger partial charge < -0.3 is 9.64 Å². The molecule has 1 saturated carbocycles. The van der Waals surface area contributed by atoms with Crippen LogP contribution >= 0.6 is 11.3 Å². The molecule has 1 aliphatic carbocycles. The van der Waals surface area contributed by atoms with Crippen molar-refractivity contribution in [2.75, 3.05) is 18.6 Å². The lowest BCUT2D eigenvalue weighted by molar-refractivity contribution is 0.184. The first-order valence-corrected chi connectivity index (χ1v) is 11.2. The monoisotopic (exact) mass is 411 g/mol. The number of aromatic nitrogens is 4. The number of benzene rings is 1. The van der Waals surface area contributed by atoms with Gasteiger partial charge in [0.2, 0.25) is 5.13 Å². The molecule has 0 bridgehead atoms. The van der Waals surface area contributed by atoms with Gasteiger partial charge in [0.15, 0.2) is 0 Å². The largest absolute Gasteiger partial charge is 0.377 e. The third kappa shape index (κ3) is 3.34. The molecule has 1 aromatic carbocycles. The van der Waals surface area contributed by atoms with Gasteiger partial charge in [-0.2, -0.15) is 0 Å². The minimum absolute atomic E-state index is 0.0521. The summed E-state index contributed by atoms with van der Waals surface area (Å²) in [4.78, 5) is 20.8. The number of anilines is 1. The summed E-state index contributed by atoms with van der Waals surface area (Å²) >= 11 is 1.56. The predicted octanol–water partition coefficient (Wildman–Crippen LogP) is 3.85. The van der Waals surface area contributed by atoms with Crippen molar-refractivity contribution >= 4 is 27.4 Å². The van der Waals surface area contributed by atoms with Crippen molar-refractivity contribution in [3.05, 3.63) is 45.5 Å². The van der Waals surface area contributed by atoms with E-state index < -0.39 is 0 Å². The maximum Gasteiger partial charge on any atom is 0.261 e. The standard InChI is InChI=1S/C21H25N5O2S/c1-28-13-18-23-24-21(29-18)25-12-6-11-17(25)19-22-16-10-5-4-9-15(16)20(27)26(19)14-7-2-3-8-14/h4-5,9-10,14,17H,2-3,6-8,11-13H2,1H3. The summed E-state index contributed by atoms with van der Waals surface area (Å²) in [5.74, 6) is 0.890. The maximum atomic E-state index is 13.5. The fourth-order valence-corrected chi connectivity index (χ4v) is 5.61. The van der Waals surface area contributed by atoms with Gasteiger partial charge in [0.1, 0.15) is 17.4 Å². The smallest absolute Gasteiger partial charge is 0.261 e. The quantitative estimate of drug-likeness (QED) is 0.635. The van der Waals surface area contributed by atoms with Gasteiger partial charge in [-0.15, -0.1) is 10.2 Å². The number of hydrogen-bond acceptors (Lipinski definition) is 7. The van der Waals surface area contributed by atoms with E-state index in [1.54, 1.807) is 18.4 Å². The van der Waals surface area contributed by atoms with Gasteiger partial charge in [0.05, 0.1) is 16.9 Å². The molecular weight excluding hydrogens is 386 g/mol. The minimum atomic E-state index is 0.0521. The third-order valence-electron chi connectivity index (χ3n) is 6.05. The Bertz CT molecular complexity index is 1070. The van der Waals surface area contributed by atoms with E-state index in [1.807, 2.05) is 28.8 Å². The average molecular weight is 412 g/mol. The van der Waals surface area contributed by atoms with Crippen LogP contribution in [0.3, 0.4) is 0 Å². The van der Waals surface area contributed by atoms with Crippen molar-refractivity contribution in [2.24, 2.45) is 0 Å². The summed E-state index contributed by atoms with van der Waals surface area (Å²) < 4.78 is 7.21. The van der Waals surface area contributed by atoms with Gasteiger partial charge in [-0.05, 0) is 37.8 Å². The maximum absolute atomic E-state index is 13.5. The molecule has 1 aliphatic heterocycles. The van der Waals surface area contributed by atoms with E-state index in [4.69, 9.17) is 9.72 Å². The van der Waals surface area contributed by atoms with Crippen LogP contribution < -0.4 is 10.5 Å². The molecule has 5 rings (SSSR count). The number of hydrogen-bond donors (Lipinski definition) is 0. The van der Waals surface area contributed by atoms with Crippen molar-refractivity contribution in [1.82, 2.24) is 19.7 Å². The van der Waals surface area contributed by atoms with E-state index in [2.05, 4.69) is 15.1 Å². The Labute approximate surface area is 173 Å². The van der Waals surface area contributed by atoms with E-state index in [0.29, 0.717) is 12.0 Å². The van der Waals surface area contributed by atoms with Gasteiger partial charge in [-0.3, -0.25) is 9.36 Å². The molecule has 0 radical (unpaired) electrons. The lowest BCUT2D eigenvalue weighted by Crippen LogP contribution is -2.34. The van der Waals surface area contributed by atoms with E-state index in [9.17, 15) is 4.79 Å². The molecule has 3 heterocycles. The Balaban J connectivity index is 1.62. The molecule has 152 valence electrons. The molecule has 2 aliphatic rings. The number of nitrogens with zero attached hydrogens (tertiary/aromatic N) is 5. The Morgan fingerprint density at radius 3 is 2.79 bits per heavy atom. The second kappa shape index (κ2) is 7.84. The summed E-state index contributed by atoms with van der Waals surface area (Å²) in [7, 11) is 1.67. The number of ether oxygens (including phenoxy) is 1. The Morgan fingerprint density at radius 2 is 1.97 bits per heavy atom. The first kappa shape index (κ1) is 18.7. The van der Waals surface area contributed by atoms with Crippen LogP contribution in [0, 0.1) is 0 Å². The molecular formula is C21H25N5O2S. The van der Waals surface area contributed by atoms with Crippen molar-refractivity contribution in [1.29, 1.82) is 0 Å². The normalized spacial score (nSPS) is 20.2. The van der Waals surface area contributed by atoms with Gasteiger partial charge in [-0.1, -0.05) is 36.3 Å². The molecule has 2 aromatic heterocycles. The lowest BCUT2D eigenvalue weighted by atomic mass is 10.1. The molecule has 0 spiro atoms. The highest BCUT2D eigenvalue weighted by atomic mass is 32.1. The van der Waals surface area contributed by atoms with Gasteiger partial charge in [0.25, 0.3) is 5.56 Å². The van der Waals surface area contributed by atoms with Crippen LogP contribution in [0.5, 0.6) is 0 Å². The van der Waals surface area contributed by atoms with Gasteiger partial charge in [0, 0.05) is 19.7 Å². The molecule has 1 unspecified atom stereocenters. The fraction of sp³-hybridized carbons (Fsp3) is 0.524. The van der Waals surface area contributed by atoms with Crippen LogP contribution in [-0.2, 0) is 11.3 Å². The number of methoxy groups -OCH3 is 1. The minimum Gasteiger partial charge on any atom is -0.377 e. The molecule has 3 aromatic rings. The Kier molecular flexibility index (Phi) is 5.05. The van der Waals surface area contributed by atoms with Gasteiger partial charge >= 0.3 is 0 Å². The summed E-state index contributed by atoms with van der Waals surface area (Å²) in [6.07, 6.45) is 6.48. The van der Waals surface area contributed by atoms with E-state index in [-0.39, 0.29) is 17.6 Å². The number of rotatable bonds is 5. The molecule has 0 amide bonds. The van der Waals surface area contributed by atoms with Crippen LogP contribution in [0.25, 0.3) is 10.9 Å². The van der Waals surface area contributed by atoms with E-state index >= 15 is 0 Å². The predicted molar refractivity (Wildman–Crippen MR) is 113 cm³/mol.